The average Bonchev–Trinajstić information content (AvgIpc) is 2.59. The number of fused-ring (bicyclic) bond motifs is 1. The maximum absolute atomic E-state index is 12.3. The number of benzene rings is 1. The zero-order chi connectivity index (χ0) is 16.2. The van der Waals surface area contributed by atoms with Crippen molar-refractivity contribution >= 4 is 11.8 Å². The van der Waals surface area contributed by atoms with E-state index in [0.29, 0.717) is 19.6 Å². The maximum atomic E-state index is 12.3. The fraction of sp³-hybridized carbons (Fsp3) is 0.579. The van der Waals surface area contributed by atoms with Gasteiger partial charge in [-0.1, -0.05) is 18.2 Å². The second-order valence-electron chi connectivity index (χ2n) is 6.81. The van der Waals surface area contributed by atoms with Crippen LogP contribution in [0.1, 0.15) is 49.3 Å². The van der Waals surface area contributed by atoms with E-state index in [2.05, 4.69) is 23.5 Å². The Balaban J connectivity index is 1.50. The summed E-state index contributed by atoms with van der Waals surface area (Å²) in [5.74, 6) is 0.284. The van der Waals surface area contributed by atoms with Crippen molar-refractivity contribution in [3.63, 3.8) is 0 Å². The highest BCUT2D eigenvalue weighted by Gasteiger charge is 2.25. The van der Waals surface area contributed by atoms with Crippen LogP contribution in [0.25, 0.3) is 0 Å². The molecule has 1 aliphatic heterocycles. The molecule has 1 aromatic rings. The first kappa shape index (κ1) is 16.0. The molecular formula is C19H26N2O2. The molecule has 4 nitrogen and oxygen atoms in total. The van der Waals surface area contributed by atoms with E-state index in [0.717, 1.165) is 12.8 Å². The molecule has 0 atom stereocenters. The molecule has 2 amide bonds. The van der Waals surface area contributed by atoms with Gasteiger partial charge in [-0.3, -0.25) is 9.59 Å². The third-order valence-corrected chi connectivity index (χ3v) is 5.19. The molecule has 0 aromatic heterocycles. The summed E-state index contributed by atoms with van der Waals surface area (Å²) in [6.07, 6.45) is 6.47. The minimum Gasteiger partial charge on any atom is -0.352 e. The largest absolute Gasteiger partial charge is 0.352 e. The van der Waals surface area contributed by atoms with Gasteiger partial charge in [0.2, 0.25) is 11.8 Å². The predicted octanol–water partition coefficient (Wildman–Crippen LogP) is 2.44. The molecule has 0 radical (unpaired) electrons. The molecule has 1 aromatic carbocycles. The number of hydrogen-bond donors (Lipinski definition) is 1. The van der Waals surface area contributed by atoms with Gasteiger partial charge in [0.1, 0.15) is 0 Å². The lowest BCUT2D eigenvalue weighted by Gasteiger charge is -2.30. The molecule has 1 N–H and O–H groups in total. The van der Waals surface area contributed by atoms with Gasteiger partial charge in [-0.25, -0.2) is 0 Å². The van der Waals surface area contributed by atoms with Crippen LogP contribution in [0, 0.1) is 5.92 Å². The lowest BCUT2D eigenvalue weighted by atomic mass is 9.90. The van der Waals surface area contributed by atoms with Crippen LogP contribution in [0.2, 0.25) is 0 Å². The van der Waals surface area contributed by atoms with E-state index in [1.165, 1.54) is 42.4 Å². The first-order chi connectivity index (χ1) is 11.1. The molecule has 0 spiro atoms. The van der Waals surface area contributed by atoms with Crippen molar-refractivity contribution < 1.29 is 9.59 Å². The fourth-order valence-electron chi connectivity index (χ4n) is 3.69. The molecule has 0 bridgehead atoms. The molecule has 0 saturated carbocycles. The minimum atomic E-state index is 0.0447. The summed E-state index contributed by atoms with van der Waals surface area (Å²) in [6, 6.07) is 6.62. The molecule has 0 unspecified atom stereocenters. The smallest absolute Gasteiger partial charge is 0.223 e. The highest BCUT2D eigenvalue weighted by atomic mass is 16.2. The van der Waals surface area contributed by atoms with Gasteiger partial charge >= 0.3 is 0 Å². The molecule has 124 valence electrons. The molecule has 1 aliphatic carbocycles. The molecule has 3 rings (SSSR count). The quantitative estimate of drug-likeness (QED) is 0.931. The molecule has 1 saturated heterocycles. The van der Waals surface area contributed by atoms with Gasteiger partial charge in [-0.2, -0.15) is 0 Å². The Hall–Kier alpha value is -1.84. The van der Waals surface area contributed by atoms with E-state index in [1.807, 2.05) is 4.90 Å². The van der Waals surface area contributed by atoms with Crippen molar-refractivity contribution in [1.82, 2.24) is 10.2 Å². The summed E-state index contributed by atoms with van der Waals surface area (Å²) < 4.78 is 0. The van der Waals surface area contributed by atoms with E-state index < -0.39 is 0 Å². The Morgan fingerprint density at radius 2 is 1.83 bits per heavy atom. The van der Waals surface area contributed by atoms with Gasteiger partial charge in [0.05, 0.1) is 0 Å². The number of piperidine rings is 1. The number of carbonyl (C=O) groups excluding carboxylic acids is 2. The second-order valence-corrected chi connectivity index (χ2v) is 6.81. The number of nitrogens with zero attached hydrogens (tertiary/aromatic N) is 1. The van der Waals surface area contributed by atoms with Crippen molar-refractivity contribution in [3.05, 3.63) is 34.9 Å². The summed E-state index contributed by atoms with van der Waals surface area (Å²) in [5, 5.41) is 3.08. The van der Waals surface area contributed by atoms with Gasteiger partial charge in [-0.15, -0.1) is 0 Å². The van der Waals surface area contributed by atoms with Crippen molar-refractivity contribution in [2.75, 3.05) is 13.1 Å². The van der Waals surface area contributed by atoms with Gasteiger partial charge in [0, 0.05) is 32.5 Å². The summed E-state index contributed by atoms with van der Waals surface area (Å²) in [4.78, 5) is 25.5. The lowest BCUT2D eigenvalue weighted by Crippen LogP contribution is -2.42. The van der Waals surface area contributed by atoms with Crippen molar-refractivity contribution in [2.24, 2.45) is 5.92 Å². The number of nitrogens with one attached hydrogen (secondary N) is 1. The van der Waals surface area contributed by atoms with Crippen LogP contribution in [0.3, 0.4) is 0 Å². The Morgan fingerprint density at radius 1 is 1.13 bits per heavy atom. The molecular weight excluding hydrogens is 288 g/mol. The SMILES string of the molecule is CC(=O)N1CCC(C(=O)NCc2ccc3c(c2)CCCC3)CC1. The van der Waals surface area contributed by atoms with Crippen LogP contribution in [0.4, 0.5) is 0 Å². The summed E-state index contributed by atoms with van der Waals surface area (Å²) in [6.45, 7) is 3.61. The van der Waals surface area contributed by atoms with Gasteiger partial charge in [0.15, 0.2) is 0 Å². The zero-order valence-electron chi connectivity index (χ0n) is 13.9. The van der Waals surface area contributed by atoms with E-state index in [4.69, 9.17) is 0 Å². The standard InChI is InChI=1S/C19H26N2O2/c1-14(22)21-10-8-17(9-11-21)19(23)20-13-15-6-7-16-4-2-3-5-18(16)12-15/h6-7,12,17H,2-5,8-11,13H2,1H3,(H,20,23). The van der Waals surface area contributed by atoms with Gasteiger partial charge < -0.3 is 10.2 Å². The number of rotatable bonds is 3. The Bertz CT molecular complexity index is 589. The Morgan fingerprint density at radius 3 is 2.52 bits per heavy atom. The van der Waals surface area contributed by atoms with Crippen LogP contribution < -0.4 is 5.32 Å². The van der Waals surface area contributed by atoms with Crippen molar-refractivity contribution in [3.8, 4) is 0 Å². The minimum absolute atomic E-state index is 0.0447. The highest BCUT2D eigenvalue weighted by molar-refractivity contribution is 5.79. The monoisotopic (exact) mass is 314 g/mol. The maximum Gasteiger partial charge on any atom is 0.223 e. The van der Waals surface area contributed by atoms with Crippen LogP contribution in [-0.4, -0.2) is 29.8 Å². The van der Waals surface area contributed by atoms with E-state index in [9.17, 15) is 9.59 Å². The molecule has 1 fully saturated rings. The number of amides is 2. The van der Waals surface area contributed by atoms with E-state index in [-0.39, 0.29) is 17.7 Å². The van der Waals surface area contributed by atoms with Crippen LogP contribution in [0.5, 0.6) is 0 Å². The van der Waals surface area contributed by atoms with Gasteiger partial charge in [-0.05, 0) is 55.2 Å². The third kappa shape index (κ3) is 3.92. The summed E-state index contributed by atoms with van der Waals surface area (Å²) in [5.41, 5.74) is 4.13. The number of hydrogen-bond acceptors (Lipinski definition) is 2. The summed E-state index contributed by atoms with van der Waals surface area (Å²) >= 11 is 0. The fourth-order valence-corrected chi connectivity index (χ4v) is 3.69. The molecule has 4 heteroatoms. The molecule has 2 aliphatic rings. The first-order valence-corrected chi connectivity index (χ1v) is 8.77. The van der Waals surface area contributed by atoms with Crippen molar-refractivity contribution in [1.29, 1.82) is 0 Å². The molecule has 23 heavy (non-hydrogen) atoms. The normalized spacial score (nSPS) is 18.4. The van der Waals surface area contributed by atoms with Crippen molar-refractivity contribution in [2.45, 2.75) is 52.0 Å². The lowest BCUT2D eigenvalue weighted by molar-refractivity contribution is -0.134. The Kier molecular flexibility index (Phi) is 4.99. The Labute approximate surface area is 138 Å². The molecule has 1 heterocycles. The number of likely N-dealkylation sites (tertiary alicyclic amines) is 1. The predicted molar refractivity (Wildman–Crippen MR) is 89.9 cm³/mol. The van der Waals surface area contributed by atoms with Crippen LogP contribution in [-0.2, 0) is 29.0 Å². The van der Waals surface area contributed by atoms with Crippen LogP contribution >= 0.6 is 0 Å². The third-order valence-electron chi connectivity index (χ3n) is 5.19. The van der Waals surface area contributed by atoms with E-state index >= 15 is 0 Å². The first-order valence-electron chi connectivity index (χ1n) is 8.77. The second kappa shape index (κ2) is 7.16. The number of aryl methyl sites for hydroxylation is 2. The van der Waals surface area contributed by atoms with Crippen LogP contribution in [0.15, 0.2) is 18.2 Å². The van der Waals surface area contributed by atoms with Gasteiger partial charge in [0.25, 0.3) is 0 Å². The topological polar surface area (TPSA) is 49.4 Å². The zero-order valence-corrected chi connectivity index (χ0v) is 13.9. The highest BCUT2D eigenvalue weighted by Crippen LogP contribution is 2.22. The van der Waals surface area contributed by atoms with E-state index in [1.54, 1.807) is 6.92 Å². The number of carbonyl (C=O) groups is 2. The average molecular weight is 314 g/mol. The summed E-state index contributed by atoms with van der Waals surface area (Å²) in [7, 11) is 0.